The fourth-order valence-corrected chi connectivity index (χ4v) is 3.45. The van der Waals surface area contributed by atoms with Gasteiger partial charge in [-0.1, -0.05) is 36.5 Å². The van der Waals surface area contributed by atoms with Crippen molar-refractivity contribution < 1.29 is 5.11 Å². The van der Waals surface area contributed by atoms with E-state index in [-0.39, 0.29) is 0 Å². The minimum absolute atomic E-state index is 0.391. The van der Waals surface area contributed by atoms with Gasteiger partial charge in [0.2, 0.25) is 0 Å². The standard InChI is InChI=1S/C14H20N2OS2/c1-10-9-19-7-6-16(10)8-13(17)11-2-4-12(5-3-11)14(15)18/h2-5,10,13,17H,6-9H2,1H3,(H2,15,18). The van der Waals surface area contributed by atoms with Crippen molar-refractivity contribution in [1.29, 1.82) is 0 Å². The summed E-state index contributed by atoms with van der Waals surface area (Å²) in [4.78, 5) is 2.74. The number of aliphatic hydroxyl groups excluding tert-OH is 1. The van der Waals surface area contributed by atoms with Gasteiger partial charge in [-0.25, -0.2) is 0 Å². The van der Waals surface area contributed by atoms with E-state index in [4.69, 9.17) is 18.0 Å². The number of hydrogen-bond donors (Lipinski definition) is 2. The topological polar surface area (TPSA) is 49.5 Å². The van der Waals surface area contributed by atoms with Crippen LogP contribution in [0.2, 0.25) is 0 Å². The summed E-state index contributed by atoms with van der Waals surface area (Å²) in [6.45, 7) is 3.96. The lowest BCUT2D eigenvalue weighted by atomic mass is 10.1. The fraction of sp³-hybridized carbons (Fsp3) is 0.500. The van der Waals surface area contributed by atoms with Gasteiger partial charge in [-0.2, -0.15) is 11.8 Å². The van der Waals surface area contributed by atoms with Crippen molar-refractivity contribution in [2.45, 2.75) is 19.1 Å². The third-order valence-electron chi connectivity index (χ3n) is 3.49. The summed E-state index contributed by atoms with van der Waals surface area (Å²) in [7, 11) is 0. The van der Waals surface area contributed by atoms with Crippen LogP contribution < -0.4 is 5.73 Å². The van der Waals surface area contributed by atoms with Gasteiger partial charge in [0.15, 0.2) is 0 Å². The second-order valence-corrected chi connectivity index (χ2v) is 6.51. The van der Waals surface area contributed by atoms with Gasteiger partial charge in [0.05, 0.1) is 6.10 Å². The van der Waals surface area contributed by atoms with E-state index >= 15 is 0 Å². The summed E-state index contributed by atoms with van der Waals surface area (Å²) in [5, 5.41) is 10.3. The third kappa shape index (κ3) is 3.92. The number of thioether (sulfide) groups is 1. The molecule has 3 N–H and O–H groups in total. The average molecular weight is 296 g/mol. The number of benzene rings is 1. The van der Waals surface area contributed by atoms with Crippen molar-refractivity contribution in [2.24, 2.45) is 5.73 Å². The van der Waals surface area contributed by atoms with Crippen molar-refractivity contribution in [3.8, 4) is 0 Å². The van der Waals surface area contributed by atoms with E-state index in [1.807, 2.05) is 36.0 Å². The highest BCUT2D eigenvalue weighted by Crippen LogP contribution is 2.21. The third-order valence-corrected chi connectivity index (χ3v) is 4.92. The number of hydrogen-bond acceptors (Lipinski definition) is 4. The summed E-state index contributed by atoms with van der Waals surface area (Å²) >= 11 is 6.91. The molecular formula is C14H20N2OS2. The first-order chi connectivity index (χ1) is 9.08. The molecule has 1 aliphatic rings. The number of aliphatic hydroxyl groups is 1. The molecule has 1 heterocycles. The lowest BCUT2D eigenvalue weighted by molar-refractivity contribution is 0.0989. The molecule has 1 fully saturated rings. The highest BCUT2D eigenvalue weighted by Gasteiger charge is 2.21. The molecule has 3 nitrogen and oxygen atoms in total. The fourth-order valence-electron chi connectivity index (χ4n) is 2.23. The Kier molecular flexibility index (Phi) is 5.21. The number of thiocarbonyl (C=S) groups is 1. The van der Waals surface area contributed by atoms with Crippen molar-refractivity contribution in [2.75, 3.05) is 24.6 Å². The van der Waals surface area contributed by atoms with Crippen LogP contribution in [-0.4, -0.2) is 45.6 Å². The molecule has 2 atom stereocenters. The first-order valence-electron chi connectivity index (χ1n) is 6.47. The molecule has 2 unspecified atom stereocenters. The van der Waals surface area contributed by atoms with Crippen LogP contribution in [0.15, 0.2) is 24.3 Å². The van der Waals surface area contributed by atoms with Crippen molar-refractivity contribution in [1.82, 2.24) is 4.90 Å². The zero-order valence-corrected chi connectivity index (χ0v) is 12.7. The van der Waals surface area contributed by atoms with Gasteiger partial charge in [0.25, 0.3) is 0 Å². The number of β-amino-alcohol motifs (C(OH)–C–C–N with tert-alkyl or cyclic N) is 1. The summed E-state index contributed by atoms with van der Waals surface area (Å²) in [5.74, 6) is 2.30. The summed E-state index contributed by atoms with van der Waals surface area (Å²) in [5.41, 5.74) is 7.33. The molecule has 5 heteroatoms. The first kappa shape index (κ1) is 14.8. The summed E-state index contributed by atoms with van der Waals surface area (Å²) in [6.07, 6.45) is -0.453. The Bertz CT molecular complexity index is 436. The molecule has 104 valence electrons. The maximum atomic E-state index is 10.3. The van der Waals surface area contributed by atoms with Crippen LogP contribution in [0.4, 0.5) is 0 Å². The lowest BCUT2D eigenvalue weighted by Crippen LogP contribution is -2.42. The molecule has 0 saturated carbocycles. The molecule has 19 heavy (non-hydrogen) atoms. The Morgan fingerprint density at radius 3 is 2.79 bits per heavy atom. The average Bonchev–Trinajstić information content (AvgIpc) is 2.41. The van der Waals surface area contributed by atoms with Gasteiger partial charge in [0, 0.05) is 36.2 Å². The molecule has 1 aliphatic heterocycles. The molecule has 0 aliphatic carbocycles. The molecule has 0 radical (unpaired) electrons. The van der Waals surface area contributed by atoms with Crippen LogP contribution in [0.1, 0.15) is 24.2 Å². The molecule has 0 amide bonds. The van der Waals surface area contributed by atoms with Gasteiger partial charge in [0.1, 0.15) is 4.99 Å². The predicted octanol–water partition coefficient (Wildman–Crippen LogP) is 1.79. The van der Waals surface area contributed by atoms with Gasteiger partial charge in [-0.05, 0) is 12.5 Å². The Morgan fingerprint density at radius 1 is 1.53 bits per heavy atom. The minimum Gasteiger partial charge on any atom is -0.389 e. The van der Waals surface area contributed by atoms with E-state index in [1.165, 1.54) is 0 Å². The van der Waals surface area contributed by atoms with Crippen LogP contribution in [0, 0.1) is 0 Å². The Balaban J connectivity index is 1.98. The van der Waals surface area contributed by atoms with Crippen molar-refractivity contribution in [3.63, 3.8) is 0 Å². The Labute approximate surface area is 124 Å². The van der Waals surface area contributed by atoms with Crippen LogP contribution >= 0.6 is 24.0 Å². The second-order valence-electron chi connectivity index (χ2n) is 4.92. The van der Waals surface area contributed by atoms with E-state index in [2.05, 4.69) is 11.8 Å². The van der Waals surface area contributed by atoms with Gasteiger partial charge in [-0.3, -0.25) is 4.90 Å². The molecular weight excluding hydrogens is 276 g/mol. The molecule has 0 bridgehead atoms. The SMILES string of the molecule is CC1CSCCN1CC(O)c1ccc(C(N)=S)cc1. The maximum Gasteiger partial charge on any atom is 0.103 e. The Morgan fingerprint density at radius 2 is 2.21 bits per heavy atom. The maximum absolute atomic E-state index is 10.3. The Hall–Kier alpha value is -0.620. The zero-order chi connectivity index (χ0) is 13.8. The van der Waals surface area contributed by atoms with E-state index < -0.39 is 6.10 Å². The van der Waals surface area contributed by atoms with Crippen LogP contribution in [0.5, 0.6) is 0 Å². The summed E-state index contributed by atoms with van der Waals surface area (Å²) in [6, 6.07) is 8.09. The zero-order valence-electron chi connectivity index (χ0n) is 11.1. The van der Waals surface area contributed by atoms with Crippen molar-refractivity contribution in [3.05, 3.63) is 35.4 Å². The first-order valence-corrected chi connectivity index (χ1v) is 8.04. The van der Waals surface area contributed by atoms with E-state index in [9.17, 15) is 5.11 Å². The normalized spacial score (nSPS) is 22.1. The van der Waals surface area contributed by atoms with Crippen LogP contribution in [0.3, 0.4) is 0 Å². The minimum atomic E-state index is -0.453. The van der Waals surface area contributed by atoms with Crippen molar-refractivity contribution >= 4 is 29.0 Å². The number of rotatable bonds is 4. The van der Waals surface area contributed by atoms with E-state index in [0.717, 1.165) is 29.2 Å². The predicted molar refractivity (Wildman–Crippen MR) is 85.6 cm³/mol. The van der Waals surface area contributed by atoms with E-state index in [1.54, 1.807) is 0 Å². The highest BCUT2D eigenvalue weighted by atomic mass is 32.2. The molecule has 0 spiro atoms. The molecule has 1 aromatic rings. The van der Waals surface area contributed by atoms with Gasteiger partial charge < -0.3 is 10.8 Å². The number of nitrogens with two attached hydrogens (primary N) is 1. The monoisotopic (exact) mass is 296 g/mol. The molecule has 1 aromatic carbocycles. The highest BCUT2D eigenvalue weighted by molar-refractivity contribution is 7.99. The molecule has 0 aromatic heterocycles. The summed E-state index contributed by atoms with van der Waals surface area (Å²) < 4.78 is 0. The lowest BCUT2D eigenvalue weighted by Gasteiger charge is -2.34. The smallest absolute Gasteiger partial charge is 0.103 e. The largest absolute Gasteiger partial charge is 0.389 e. The molecule has 2 rings (SSSR count). The quantitative estimate of drug-likeness (QED) is 0.830. The van der Waals surface area contributed by atoms with Crippen LogP contribution in [0.25, 0.3) is 0 Å². The number of nitrogens with zero attached hydrogens (tertiary/aromatic N) is 1. The van der Waals surface area contributed by atoms with Gasteiger partial charge >= 0.3 is 0 Å². The van der Waals surface area contributed by atoms with E-state index in [0.29, 0.717) is 17.6 Å². The molecule has 1 saturated heterocycles. The van der Waals surface area contributed by atoms with Gasteiger partial charge in [-0.15, -0.1) is 0 Å². The second kappa shape index (κ2) is 6.70. The van der Waals surface area contributed by atoms with Crippen LogP contribution in [-0.2, 0) is 0 Å².